The van der Waals surface area contributed by atoms with Crippen molar-refractivity contribution in [3.8, 4) is 0 Å². The number of hydrogen-bond acceptors (Lipinski definition) is 4. The first-order chi connectivity index (χ1) is 6.09. The summed E-state index contributed by atoms with van der Waals surface area (Å²) in [5.74, 6) is 0. The molecule has 1 rings (SSSR count). The molecule has 0 amide bonds. The zero-order valence-corrected chi connectivity index (χ0v) is 6.79. The van der Waals surface area contributed by atoms with Crippen LogP contribution in [0, 0.1) is 0 Å². The summed E-state index contributed by atoms with van der Waals surface area (Å²) in [7, 11) is 5.44. The SMILES string of the molecule is [B]c1cccc(C(O)OC(O)O)c1. The Morgan fingerprint density at radius 3 is 2.46 bits per heavy atom. The number of rotatable bonds is 3. The van der Waals surface area contributed by atoms with Gasteiger partial charge in [0.25, 0.3) is 6.48 Å². The van der Waals surface area contributed by atoms with Crippen LogP contribution in [0.4, 0.5) is 0 Å². The fraction of sp³-hybridized carbons (Fsp3) is 0.250. The van der Waals surface area contributed by atoms with Crippen LogP contribution in [0.5, 0.6) is 0 Å². The van der Waals surface area contributed by atoms with Crippen molar-refractivity contribution in [3.63, 3.8) is 0 Å². The third-order valence-corrected chi connectivity index (χ3v) is 1.45. The predicted octanol–water partition coefficient (Wildman–Crippen LogP) is -1.24. The Bertz CT molecular complexity index is 277. The molecule has 0 spiro atoms. The molecule has 3 N–H and O–H groups in total. The summed E-state index contributed by atoms with van der Waals surface area (Å²) >= 11 is 0. The van der Waals surface area contributed by atoms with Crippen LogP contribution in [0.25, 0.3) is 0 Å². The molecule has 68 valence electrons. The molecule has 0 aliphatic heterocycles. The predicted molar refractivity (Wildman–Crippen MR) is 46.1 cm³/mol. The van der Waals surface area contributed by atoms with Gasteiger partial charge in [-0.25, -0.2) is 0 Å². The van der Waals surface area contributed by atoms with Crippen LogP contribution in [0.2, 0.25) is 0 Å². The van der Waals surface area contributed by atoms with Crippen LogP contribution in [0.15, 0.2) is 24.3 Å². The topological polar surface area (TPSA) is 69.9 Å². The van der Waals surface area contributed by atoms with Gasteiger partial charge in [-0.05, 0) is 0 Å². The van der Waals surface area contributed by atoms with E-state index in [4.69, 9.17) is 18.1 Å². The van der Waals surface area contributed by atoms with Gasteiger partial charge < -0.3 is 15.3 Å². The van der Waals surface area contributed by atoms with Gasteiger partial charge >= 0.3 is 0 Å². The Morgan fingerprint density at radius 2 is 1.92 bits per heavy atom. The van der Waals surface area contributed by atoms with Crippen molar-refractivity contribution in [2.24, 2.45) is 0 Å². The van der Waals surface area contributed by atoms with Crippen LogP contribution in [0.3, 0.4) is 0 Å². The molecular weight excluding hydrogens is 171 g/mol. The zero-order valence-electron chi connectivity index (χ0n) is 6.79. The second-order valence-corrected chi connectivity index (χ2v) is 2.48. The highest BCUT2D eigenvalue weighted by Crippen LogP contribution is 2.12. The van der Waals surface area contributed by atoms with Crippen LogP contribution >= 0.6 is 0 Å². The van der Waals surface area contributed by atoms with Crippen LogP contribution in [0.1, 0.15) is 11.9 Å². The molecule has 1 atom stereocenters. The van der Waals surface area contributed by atoms with Crippen molar-refractivity contribution in [1.82, 2.24) is 0 Å². The summed E-state index contributed by atoms with van der Waals surface area (Å²) in [5.41, 5.74) is 0.834. The van der Waals surface area contributed by atoms with Crippen molar-refractivity contribution in [2.45, 2.75) is 12.8 Å². The number of aliphatic hydroxyl groups is 3. The molecule has 1 unspecified atom stereocenters. The Kier molecular flexibility index (Phi) is 3.44. The minimum Gasteiger partial charge on any atom is -0.364 e. The maximum absolute atomic E-state index is 9.22. The lowest BCUT2D eigenvalue weighted by Gasteiger charge is -2.13. The van der Waals surface area contributed by atoms with E-state index in [2.05, 4.69) is 4.74 Å². The maximum Gasteiger partial charge on any atom is 0.269 e. The molecule has 0 heterocycles. The number of hydrogen-bond donors (Lipinski definition) is 3. The molecule has 0 aromatic heterocycles. The van der Waals surface area contributed by atoms with Crippen molar-refractivity contribution in [2.75, 3.05) is 0 Å². The minimum absolute atomic E-state index is 0.369. The highest BCUT2D eigenvalue weighted by atomic mass is 16.8. The summed E-state index contributed by atoms with van der Waals surface area (Å²) in [6.45, 7) is -2.00. The fourth-order valence-electron chi connectivity index (χ4n) is 0.906. The zero-order chi connectivity index (χ0) is 9.84. The molecular formula is C8H9BO4. The van der Waals surface area contributed by atoms with E-state index in [1.165, 1.54) is 6.07 Å². The first kappa shape index (κ1) is 10.2. The second-order valence-electron chi connectivity index (χ2n) is 2.48. The molecule has 0 aliphatic rings. The van der Waals surface area contributed by atoms with Crippen LogP contribution in [-0.2, 0) is 4.74 Å². The van der Waals surface area contributed by atoms with E-state index >= 15 is 0 Å². The largest absolute Gasteiger partial charge is 0.364 e. The Labute approximate surface area is 76.8 Å². The third-order valence-electron chi connectivity index (χ3n) is 1.45. The fourth-order valence-corrected chi connectivity index (χ4v) is 0.906. The van der Waals surface area contributed by atoms with E-state index in [1.54, 1.807) is 18.2 Å². The molecule has 0 fully saturated rings. The average molecular weight is 180 g/mol. The van der Waals surface area contributed by atoms with E-state index in [-0.39, 0.29) is 0 Å². The lowest BCUT2D eigenvalue weighted by Crippen LogP contribution is -2.16. The van der Waals surface area contributed by atoms with Crippen molar-refractivity contribution in [3.05, 3.63) is 29.8 Å². The average Bonchev–Trinajstić information content (AvgIpc) is 2.03. The molecule has 13 heavy (non-hydrogen) atoms. The normalized spacial score (nSPS) is 13.2. The van der Waals surface area contributed by atoms with E-state index in [0.717, 1.165) is 0 Å². The molecule has 4 nitrogen and oxygen atoms in total. The Hall–Kier alpha value is -0.875. The first-order valence-corrected chi connectivity index (χ1v) is 3.64. The van der Waals surface area contributed by atoms with Gasteiger partial charge in [-0.15, -0.1) is 0 Å². The van der Waals surface area contributed by atoms with Crippen molar-refractivity contribution in [1.29, 1.82) is 0 Å². The Morgan fingerprint density at radius 1 is 1.23 bits per heavy atom. The van der Waals surface area contributed by atoms with E-state index in [9.17, 15) is 5.11 Å². The lowest BCUT2D eigenvalue weighted by molar-refractivity contribution is -0.299. The van der Waals surface area contributed by atoms with Gasteiger partial charge in [0.2, 0.25) is 0 Å². The van der Waals surface area contributed by atoms with Gasteiger partial charge in [0.1, 0.15) is 7.85 Å². The Balaban J connectivity index is 2.71. The van der Waals surface area contributed by atoms with Crippen LogP contribution < -0.4 is 5.46 Å². The van der Waals surface area contributed by atoms with Gasteiger partial charge in [0.05, 0.1) is 0 Å². The molecule has 2 radical (unpaired) electrons. The number of benzene rings is 1. The maximum atomic E-state index is 9.22. The quantitative estimate of drug-likeness (QED) is 0.401. The summed E-state index contributed by atoms with van der Waals surface area (Å²) in [6.07, 6.45) is -1.39. The van der Waals surface area contributed by atoms with Gasteiger partial charge in [0.15, 0.2) is 6.29 Å². The highest BCUT2D eigenvalue weighted by Gasteiger charge is 2.10. The second kappa shape index (κ2) is 4.39. The summed E-state index contributed by atoms with van der Waals surface area (Å²) < 4.78 is 4.30. The van der Waals surface area contributed by atoms with Crippen molar-refractivity contribution < 1.29 is 20.1 Å². The molecule has 0 saturated carbocycles. The minimum atomic E-state index is -2.00. The third kappa shape index (κ3) is 3.16. The highest BCUT2D eigenvalue weighted by molar-refractivity contribution is 6.32. The van der Waals surface area contributed by atoms with Gasteiger partial charge in [0, 0.05) is 5.56 Å². The summed E-state index contributed by atoms with van der Waals surface area (Å²) in [4.78, 5) is 0. The molecule has 1 aromatic rings. The van der Waals surface area contributed by atoms with E-state index < -0.39 is 12.8 Å². The van der Waals surface area contributed by atoms with Gasteiger partial charge in [-0.3, -0.25) is 4.74 Å². The number of ether oxygens (including phenoxy) is 1. The molecule has 1 aromatic carbocycles. The van der Waals surface area contributed by atoms with Crippen molar-refractivity contribution >= 4 is 13.3 Å². The first-order valence-electron chi connectivity index (χ1n) is 3.64. The summed E-state index contributed by atoms with van der Waals surface area (Å²) in [5, 5.41) is 26.0. The van der Waals surface area contributed by atoms with E-state index in [1.807, 2.05) is 0 Å². The lowest BCUT2D eigenvalue weighted by atomic mass is 9.94. The standard InChI is InChI=1S/C8H9BO4/c9-6-3-1-2-5(4-6)7(10)13-8(11)12/h1-4,7-8,10-12H. The molecule has 0 saturated heterocycles. The van der Waals surface area contributed by atoms with Gasteiger partial charge in [-0.2, -0.15) is 0 Å². The smallest absolute Gasteiger partial charge is 0.269 e. The molecule has 0 bridgehead atoms. The summed E-state index contributed by atoms with van der Waals surface area (Å²) in [6, 6.07) is 6.31. The monoisotopic (exact) mass is 180 g/mol. The molecule has 0 aliphatic carbocycles. The molecule has 5 heteroatoms. The van der Waals surface area contributed by atoms with Gasteiger partial charge in [-0.1, -0.05) is 29.7 Å². The van der Waals surface area contributed by atoms with E-state index in [0.29, 0.717) is 11.0 Å². The van der Waals surface area contributed by atoms with Crippen LogP contribution in [-0.4, -0.2) is 29.6 Å². The number of aliphatic hydroxyl groups excluding tert-OH is 2.